The number of carbonyl (C=O) groups excluding carboxylic acids is 2. The fourth-order valence-electron chi connectivity index (χ4n) is 3.04. The van der Waals surface area contributed by atoms with Gasteiger partial charge in [-0.05, 0) is 56.9 Å². The molecule has 2 aliphatic rings. The van der Waals surface area contributed by atoms with E-state index in [0.29, 0.717) is 17.7 Å². The summed E-state index contributed by atoms with van der Waals surface area (Å²) in [5, 5.41) is 8.65. The Morgan fingerprint density at radius 1 is 1.22 bits per heavy atom. The predicted molar refractivity (Wildman–Crippen MR) is 89.4 cm³/mol. The molecule has 0 spiro atoms. The zero-order chi connectivity index (χ0) is 16.4. The van der Waals surface area contributed by atoms with E-state index in [9.17, 15) is 9.59 Å². The predicted octanol–water partition coefficient (Wildman–Crippen LogP) is 1.80. The first kappa shape index (κ1) is 15.7. The van der Waals surface area contributed by atoms with Gasteiger partial charge in [-0.25, -0.2) is 5.01 Å². The van der Waals surface area contributed by atoms with Gasteiger partial charge in [-0.2, -0.15) is 5.10 Å². The molecule has 1 heterocycles. The van der Waals surface area contributed by atoms with Crippen molar-refractivity contribution in [3.05, 3.63) is 29.8 Å². The fourth-order valence-corrected chi connectivity index (χ4v) is 3.04. The number of benzene rings is 1. The van der Waals surface area contributed by atoms with Crippen LogP contribution in [0.4, 0.5) is 5.69 Å². The minimum Gasteiger partial charge on any atom is -0.349 e. The summed E-state index contributed by atoms with van der Waals surface area (Å²) in [5.41, 5.74) is 7.96. The molecule has 0 atom stereocenters. The van der Waals surface area contributed by atoms with Gasteiger partial charge in [-0.3, -0.25) is 9.59 Å². The van der Waals surface area contributed by atoms with Gasteiger partial charge < -0.3 is 11.1 Å². The van der Waals surface area contributed by atoms with E-state index >= 15 is 0 Å². The van der Waals surface area contributed by atoms with Gasteiger partial charge in [0, 0.05) is 23.4 Å². The first-order chi connectivity index (χ1) is 11.0. The van der Waals surface area contributed by atoms with Crippen LogP contribution in [0.3, 0.4) is 0 Å². The SMILES string of the molecule is CC1=NN(c2ccc(C(=O)N[C@H]3CC[C@H](N)CC3)cc2)C(=O)C1. The lowest BCUT2D eigenvalue weighted by molar-refractivity contribution is -0.116. The average molecular weight is 314 g/mol. The number of amides is 2. The van der Waals surface area contributed by atoms with Crippen molar-refractivity contribution in [1.29, 1.82) is 0 Å². The van der Waals surface area contributed by atoms with Crippen LogP contribution in [-0.2, 0) is 4.79 Å². The van der Waals surface area contributed by atoms with Crippen LogP contribution in [0.2, 0.25) is 0 Å². The Bertz CT molecular complexity index is 630. The molecule has 0 aromatic heterocycles. The molecular formula is C17H22N4O2. The zero-order valence-corrected chi connectivity index (χ0v) is 13.3. The summed E-state index contributed by atoms with van der Waals surface area (Å²) in [6.45, 7) is 1.83. The third-order valence-corrected chi connectivity index (χ3v) is 4.40. The largest absolute Gasteiger partial charge is 0.349 e. The Morgan fingerprint density at radius 2 is 1.87 bits per heavy atom. The number of hydrazone groups is 1. The van der Waals surface area contributed by atoms with Gasteiger partial charge >= 0.3 is 0 Å². The first-order valence-electron chi connectivity index (χ1n) is 8.06. The molecule has 1 aromatic rings. The van der Waals surface area contributed by atoms with Gasteiger partial charge in [0.05, 0.1) is 12.1 Å². The van der Waals surface area contributed by atoms with Crippen molar-refractivity contribution in [2.24, 2.45) is 10.8 Å². The number of carbonyl (C=O) groups is 2. The molecule has 0 saturated heterocycles. The van der Waals surface area contributed by atoms with E-state index in [1.165, 1.54) is 5.01 Å². The summed E-state index contributed by atoms with van der Waals surface area (Å²) in [4.78, 5) is 24.1. The highest BCUT2D eigenvalue weighted by Gasteiger charge is 2.23. The zero-order valence-electron chi connectivity index (χ0n) is 13.3. The Hall–Kier alpha value is -2.21. The molecule has 1 aliphatic carbocycles. The van der Waals surface area contributed by atoms with E-state index in [0.717, 1.165) is 31.4 Å². The van der Waals surface area contributed by atoms with Gasteiger partial charge in [0.2, 0.25) is 0 Å². The monoisotopic (exact) mass is 314 g/mol. The molecule has 3 N–H and O–H groups in total. The molecule has 3 rings (SSSR count). The van der Waals surface area contributed by atoms with Crippen LogP contribution in [0.25, 0.3) is 0 Å². The molecule has 0 unspecified atom stereocenters. The number of nitrogens with zero attached hydrogens (tertiary/aromatic N) is 2. The smallest absolute Gasteiger partial charge is 0.253 e. The van der Waals surface area contributed by atoms with Crippen LogP contribution in [0.1, 0.15) is 49.4 Å². The van der Waals surface area contributed by atoms with Gasteiger partial charge in [0.1, 0.15) is 0 Å². The third kappa shape index (κ3) is 3.59. The summed E-state index contributed by atoms with van der Waals surface area (Å²) >= 11 is 0. The lowest BCUT2D eigenvalue weighted by atomic mass is 9.91. The van der Waals surface area contributed by atoms with E-state index in [1.54, 1.807) is 24.3 Å². The maximum atomic E-state index is 12.3. The van der Waals surface area contributed by atoms with Crippen molar-refractivity contribution < 1.29 is 9.59 Å². The Balaban J connectivity index is 1.63. The maximum absolute atomic E-state index is 12.3. The van der Waals surface area contributed by atoms with Crippen LogP contribution >= 0.6 is 0 Å². The Labute approximate surface area is 135 Å². The second-order valence-electron chi connectivity index (χ2n) is 6.35. The van der Waals surface area contributed by atoms with E-state index in [-0.39, 0.29) is 23.9 Å². The standard InChI is InChI=1S/C17H22N4O2/c1-11-10-16(22)21(20-11)15-8-2-12(3-9-15)17(23)19-14-6-4-13(18)5-7-14/h2-3,8-9,13-14H,4-7,10,18H2,1H3,(H,19,23)/t13-,14-. The minimum absolute atomic E-state index is 0.0433. The highest BCUT2D eigenvalue weighted by molar-refractivity contribution is 6.12. The van der Waals surface area contributed by atoms with Crippen LogP contribution in [-0.4, -0.2) is 29.6 Å². The first-order valence-corrected chi connectivity index (χ1v) is 8.06. The van der Waals surface area contributed by atoms with Crippen molar-refractivity contribution in [3.8, 4) is 0 Å². The van der Waals surface area contributed by atoms with E-state index < -0.39 is 0 Å². The topological polar surface area (TPSA) is 87.8 Å². The molecule has 6 heteroatoms. The number of hydrogen-bond donors (Lipinski definition) is 2. The van der Waals surface area contributed by atoms with Crippen molar-refractivity contribution in [3.63, 3.8) is 0 Å². The van der Waals surface area contributed by atoms with Gasteiger partial charge in [0.25, 0.3) is 11.8 Å². The van der Waals surface area contributed by atoms with Gasteiger partial charge in [0.15, 0.2) is 0 Å². The molecule has 0 bridgehead atoms. The number of anilines is 1. The highest BCUT2D eigenvalue weighted by Crippen LogP contribution is 2.21. The molecule has 1 aliphatic heterocycles. The van der Waals surface area contributed by atoms with Gasteiger partial charge in [-0.15, -0.1) is 0 Å². The summed E-state index contributed by atoms with van der Waals surface area (Å²) in [5.74, 6) is -0.123. The van der Waals surface area contributed by atoms with E-state index in [2.05, 4.69) is 10.4 Å². The Morgan fingerprint density at radius 3 is 2.43 bits per heavy atom. The highest BCUT2D eigenvalue weighted by atomic mass is 16.2. The fraction of sp³-hybridized carbons (Fsp3) is 0.471. The number of rotatable bonds is 3. The maximum Gasteiger partial charge on any atom is 0.253 e. The van der Waals surface area contributed by atoms with Crippen molar-refractivity contribution in [1.82, 2.24) is 5.32 Å². The van der Waals surface area contributed by atoms with E-state index in [4.69, 9.17) is 5.73 Å². The molecule has 2 amide bonds. The van der Waals surface area contributed by atoms with Crippen LogP contribution in [0.15, 0.2) is 29.4 Å². The van der Waals surface area contributed by atoms with Crippen molar-refractivity contribution in [2.45, 2.75) is 51.1 Å². The second kappa shape index (κ2) is 6.50. The summed E-state index contributed by atoms with van der Waals surface area (Å²) < 4.78 is 0. The number of nitrogens with one attached hydrogen (secondary N) is 1. The van der Waals surface area contributed by atoms with Crippen LogP contribution in [0.5, 0.6) is 0 Å². The summed E-state index contributed by atoms with van der Waals surface area (Å²) in [6, 6.07) is 7.45. The molecular weight excluding hydrogens is 292 g/mol. The average Bonchev–Trinajstić information content (AvgIpc) is 2.88. The van der Waals surface area contributed by atoms with Crippen LogP contribution in [0, 0.1) is 0 Å². The normalized spacial score (nSPS) is 24.5. The molecule has 1 fully saturated rings. The summed E-state index contributed by atoms with van der Waals surface area (Å²) in [6.07, 6.45) is 4.13. The minimum atomic E-state index is -0.0792. The lowest BCUT2D eigenvalue weighted by Gasteiger charge is -2.26. The molecule has 1 saturated carbocycles. The molecule has 122 valence electrons. The second-order valence-corrected chi connectivity index (χ2v) is 6.35. The third-order valence-electron chi connectivity index (χ3n) is 4.40. The van der Waals surface area contributed by atoms with E-state index in [1.807, 2.05) is 6.92 Å². The van der Waals surface area contributed by atoms with Gasteiger partial charge in [-0.1, -0.05) is 0 Å². The van der Waals surface area contributed by atoms with Crippen LogP contribution < -0.4 is 16.1 Å². The van der Waals surface area contributed by atoms with Crippen molar-refractivity contribution >= 4 is 23.2 Å². The number of nitrogens with two attached hydrogens (primary N) is 1. The lowest BCUT2D eigenvalue weighted by Crippen LogP contribution is -2.40. The summed E-state index contributed by atoms with van der Waals surface area (Å²) in [7, 11) is 0. The molecule has 23 heavy (non-hydrogen) atoms. The number of hydrogen-bond acceptors (Lipinski definition) is 4. The molecule has 0 radical (unpaired) electrons. The molecule has 6 nitrogen and oxygen atoms in total. The molecule has 1 aromatic carbocycles. The Kier molecular flexibility index (Phi) is 4.43. The van der Waals surface area contributed by atoms with Crippen molar-refractivity contribution in [2.75, 3.05) is 5.01 Å². The quantitative estimate of drug-likeness (QED) is 0.891.